The van der Waals surface area contributed by atoms with E-state index in [9.17, 15) is 14.4 Å². The van der Waals surface area contributed by atoms with Crippen LogP contribution < -0.4 is 4.90 Å². The van der Waals surface area contributed by atoms with E-state index in [4.69, 9.17) is 4.74 Å². The van der Waals surface area contributed by atoms with Crippen LogP contribution in [0.15, 0.2) is 18.2 Å². The van der Waals surface area contributed by atoms with E-state index in [2.05, 4.69) is 0 Å². The van der Waals surface area contributed by atoms with Gasteiger partial charge in [0.2, 0.25) is 11.8 Å². The summed E-state index contributed by atoms with van der Waals surface area (Å²) in [6, 6.07) is 5.99. The number of hydrogen-bond acceptors (Lipinski definition) is 4. The number of benzene rings is 1. The number of nitrogens with zero attached hydrogens (tertiary/aromatic N) is 3. The van der Waals surface area contributed by atoms with Gasteiger partial charge in [-0.3, -0.25) is 9.59 Å². The maximum atomic E-state index is 12.9. The summed E-state index contributed by atoms with van der Waals surface area (Å²) < 4.78 is 5.01. The summed E-state index contributed by atoms with van der Waals surface area (Å²) >= 11 is 0. The average Bonchev–Trinajstić information content (AvgIpc) is 3.03. The molecule has 2 saturated heterocycles. The summed E-state index contributed by atoms with van der Waals surface area (Å²) in [4.78, 5) is 42.3. The topological polar surface area (TPSA) is 70.2 Å². The van der Waals surface area contributed by atoms with Crippen LogP contribution in [0.1, 0.15) is 24.5 Å². The Labute approximate surface area is 159 Å². The van der Waals surface area contributed by atoms with Crippen molar-refractivity contribution in [3.8, 4) is 0 Å². The number of hydrogen-bond donors (Lipinski definition) is 0. The van der Waals surface area contributed by atoms with Gasteiger partial charge in [0.25, 0.3) is 0 Å². The molecule has 146 valence electrons. The molecule has 1 aromatic rings. The second-order valence-electron chi connectivity index (χ2n) is 7.21. The number of ether oxygens (including phenoxy) is 1. The van der Waals surface area contributed by atoms with Crippen molar-refractivity contribution in [1.29, 1.82) is 0 Å². The molecule has 1 aromatic carbocycles. The van der Waals surface area contributed by atoms with E-state index in [1.807, 2.05) is 32.0 Å². The molecular weight excluding hydrogens is 346 g/mol. The number of aryl methyl sites for hydroxylation is 2. The highest BCUT2D eigenvalue weighted by molar-refractivity contribution is 6.00. The molecule has 27 heavy (non-hydrogen) atoms. The van der Waals surface area contributed by atoms with Crippen LogP contribution in [0.5, 0.6) is 0 Å². The molecule has 0 saturated carbocycles. The van der Waals surface area contributed by atoms with E-state index in [-0.39, 0.29) is 30.2 Å². The minimum Gasteiger partial charge on any atom is -0.450 e. The standard InChI is InChI=1S/C20H27N3O4/c1-4-27-20(26)22-9-7-21(8-10-22)19(25)16-12-18(24)23(13-16)17-6-5-14(2)11-15(17)3/h5-6,11,16H,4,7-10,12-13H2,1-3H3. The van der Waals surface area contributed by atoms with Crippen LogP contribution in [0.3, 0.4) is 0 Å². The Morgan fingerprint density at radius 3 is 2.41 bits per heavy atom. The molecule has 7 nitrogen and oxygen atoms in total. The first-order chi connectivity index (χ1) is 12.9. The molecule has 0 radical (unpaired) electrons. The van der Waals surface area contributed by atoms with E-state index in [0.717, 1.165) is 16.8 Å². The van der Waals surface area contributed by atoms with Crippen LogP contribution in [-0.2, 0) is 14.3 Å². The van der Waals surface area contributed by atoms with Gasteiger partial charge in [0.05, 0.1) is 12.5 Å². The molecule has 3 amide bonds. The maximum Gasteiger partial charge on any atom is 0.409 e. The summed E-state index contributed by atoms with van der Waals surface area (Å²) in [5, 5.41) is 0. The Balaban J connectivity index is 1.60. The zero-order valence-corrected chi connectivity index (χ0v) is 16.2. The van der Waals surface area contributed by atoms with Crippen LogP contribution in [0.25, 0.3) is 0 Å². The highest BCUT2D eigenvalue weighted by Crippen LogP contribution is 2.29. The summed E-state index contributed by atoms with van der Waals surface area (Å²) in [7, 11) is 0. The van der Waals surface area contributed by atoms with Gasteiger partial charge >= 0.3 is 6.09 Å². The molecule has 1 unspecified atom stereocenters. The lowest BCUT2D eigenvalue weighted by Gasteiger charge is -2.35. The SMILES string of the molecule is CCOC(=O)N1CCN(C(=O)C2CC(=O)N(c3ccc(C)cc3C)C2)CC1. The third-order valence-corrected chi connectivity index (χ3v) is 5.23. The van der Waals surface area contributed by atoms with Gasteiger partial charge in [0, 0.05) is 44.8 Å². The lowest BCUT2D eigenvalue weighted by Crippen LogP contribution is -2.52. The first kappa shape index (κ1) is 19.2. The molecule has 1 atom stereocenters. The van der Waals surface area contributed by atoms with Crippen LogP contribution >= 0.6 is 0 Å². The molecule has 2 heterocycles. The van der Waals surface area contributed by atoms with E-state index < -0.39 is 0 Å². The maximum absolute atomic E-state index is 12.9. The van der Waals surface area contributed by atoms with Gasteiger partial charge in [-0.15, -0.1) is 0 Å². The summed E-state index contributed by atoms with van der Waals surface area (Å²) in [5.74, 6) is -0.336. The Morgan fingerprint density at radius 1 is 1.11 bits per heavy atom. The van der Waals surface area contributed by atoms with Crippen LogP contribution in [-0.4, -0.2) is 67.0 Å². The Morgan fingerprint density at radius 2 is 1.78 bits per heavy atom. The lowest BCUT2D eigenvalue weighted by atomic mass is 10.1. The van der Waals surface area contributed by atoms with Crippen molar-refractivity contribution < 1.29 is 19.1 Å². The van der Waals surface area contributed by atoms with Gasteiger partial charge in [-0.05, 0) is 32.4 Å². The third kappa shape index (κ3) is 4.07. The predicted molar refractivity (Wildman–Crippen MR) is 102 cm³/mol. The Kier molecular flexibility index (Phi) is 5.68. The molecule has 3 rings (SSSR count). The molecule has 7 heteroatoms. The van der Waals surface area contributed by atoms with E-state index in [1.165, 1.54) is 0 Å². The van der Waals surface area contributed by atoms with Crippen molar-refractivity contribution in [3.63, 3.8) is 0 Å². The average molecular weight is 373 g/mol. The van der Waals surface area contributed by atoms with Gasteiger partial charge in [-0.25, -0.2) is 4.79 Å². The molecule has 2 aliphatic heterocycles. The summed E-state index contributed by atoms with van der Waals surface area (Å²) in [6.07, 6.45) is -0.0915. The zero-order valence-electron chi connectivity index (χ0n) is 16.2. The first-order valence-electron chi connectivity index (χ1n) is 9.48. The van der Waals surface area contributed by atoms with E-state index >= 15 is 0 Å². The van der Waals surface area contributed by atoms with Gasteiger partial charge in [-0.2, -0.15) is 0 Å². The number of piperazine rings is 1. The minimum atomic E-state index is -0.332. The van der Waals surface area contributed by atoms with Crippen LogP contribution in [0, 0.1) is 19.8 Å². The largest absolute Gasteiger partial charge is 0.450 e. The first-order valence-corrected chi connectivity index (χ1v) is 9.48. The lowest BCUT2D eigenvalue weighted by molar-refractivity contribution is -0.137. The van der Waals surface area contributed by atoms with Gasteiger partial charge in [-0.1, -0.05) is 17.7 Å². The van der Waals surface area contributed by atoms with Gasteiger partial charge in [0.15, 0.2) is 0 Å². The van der Waals surface area contributed by atoms with Crippen molar-refractivity contribution in [1.82, 2.24) is 9.80 Å². The fourth-order valence-corrected chi connectivity index (χ4v) is 3.80. The molecule has 2 fully saturated rings. The highest BCUT2D eigenvalue weighted by Gasteiger charge is 2.38. The minimum absolute atomic E-state index is 0.000811. The quantitative estimate of drug-likeness (QED) is 0.812. The van der Waals surface area contributed by atoms with E-state index in [1.54, 1.807) is 21.6 Å². The fourth-order valence-electron chi connectivity index (χ4n) is 3.80. The van der Waals surface area contributed by atoms with Crippen LogP contribution in [0.2, 0.25) is 0 Å². The molecule has 0 aromatic heterocycles. The highest BCUT2D eigenvalue weighted by atomic mass is 16.6. The fraction of sp³-hybridized carbons (Fsp3) is 0.550. The molecule has 0 bridgehead atoms. The molecule has 2 aliphatic rings. The monoisotopic (exact) mass is 373 g/mol. The van der Waals surface area contributed by atoms with Gasteiger partial charge < -0.3 is 19.4 Å². The number of carbonyl (C=O) groups excluding carboxylic acids is 3. The summed E-state index contributed by atoms with van der Waals surface area (Å²) in [6.45, 7) is 8.42. The molecular formula is C20H27N3O4. The van der Waals surface area contributed by atoms with Crippen LogP contribution in [0.4, 0.5) is 10.5 Å². The van der Waals surface area contributed by atoms with Crippen molar-refractivity contribution in [2.45, 2.75) is 27.2 Å². The molecule has 0 spiro atoms. The predicted octanol–water partition coefficient (Wildman–Crippen LogP) is 1.96. The van der Waals surface area contributed by atoms with Crippen molar-refractivity contribution >= 4 is 23.6 Å². The van der Waals surface area contributed by atoms with Crippen molar-refractivity contribution in [3.05, 3.63) is 29.3 Å². The zero-order chi connectivity index (χ0) is 19.6. The number of anilines is 1. The second-order valence-corrected chi connectivity index (χ2v) is 7.21. The smallest absolute Gasteiger partial charge is 0.409 e. The van der Waals surface area contributed by atoms with Gasteiger partial charge in [0.1, 0.15) is 0 Å². The molecule has 0 N–H and O–H groups in total. The normalized spacial score (nSPS) is 20.2. The second kappa shape index (κ2) is 7.98. The number of rotatable bonds is 3. The van der Waals surface area contributed by atoms with Crippen molar-refractivity contribution in [2.24, 2.45) is 5.92 Å². The Bertz CT molecular complexity index is 741. The third-order valence-electron chi connectivity index (χ3n) is 5.23. The molecule has 0 aliphatic carbocycles. The number of carbonyl (C=O) groups is 3. The van der Waals surface area contributed by atoms with Crippen molar-refractivity contribution in [2.75, 3.05) is 44.2 Å². The summed E-state index contributed by atoms with van der Waals surface area (Å²) in [5.41, 5.74) is 3.07. The van der Waals surface area contributed by atoms with E-state index in [0.29, 0.717) is 39.3 Å². The Hall–Kier alpha value is -2.57. The number of amides is 3.